The molecule has 1 N–H and O–H groups in total. The van der Waals surface area contributed by atoms with Crippen LogP contribution in [0.4, 0.5) is 13.6 Å². The van der Waals surface area contributed by atoms with Crippen LogP contribution in [0.1, 0.15) is 17.2 Å². The van der Waals surface area contributed by atoms with Crippen LogP contribution in [0.3, 0.4) is 0 Å². The second-order valence-corrected chi connectivity index (χ2v) is 5.60. The highest BCUT2D eigenvalue weighted by Gasteiger charge is 2.47. The zero-order chi connectivity index (χ0) is 17.9. The number of carbonyl (C=O) groups is 1. The van der Waals surface area contributed by atoms with Crippen LogP contribution < -0.4 is 14.8 Å². The van der Waals surface area contributed by atoms with E-state index in [4.69, 9.17) is 9.47 Å². The fraction of sp³-hybridized carbons (Fsp3) is 0.278. The van der Waals surface area contributed by atoms with Crippen molar-refractivity contribution in [3.05, 3.63) is 59.7 Å². The first-order chi connectivity index (χ1) is 12.0. The van der Waals surface area contributed by atoms with E-state index in [-0.39, 0.29) is 24.6 Å². The highest BCUT2D eigenvalue weighted by Crippen LogP contribution is 2.38. The summed E-state index contributed by atoms with van der Waals surface area (Å²) < 4.78 is 43.5. The van der Waals surface area contributed by atoms with E-state index in [9.17, 15) is 13.6 Å². The Morgan fingerprint density at radius 2 is 1.92 bits per heavy atom. The molecular formula is C18H18ClF2NO4. The fourth-order valence-corrected chi connectivity index (χ4v) is 2.56. The molecule has 2 aromatic rings. The standard InChI is InChI=1S/C18H17F2NO4.ClH/c1-23-14-8-7-13(16-18(19,20)11-25-17(22)21-16)9-15(14)24-10-12-5-3-2-4-6-12;/h2-9,16H,10-11H2,1H3,(H,21,22);1H/t16-;/m0./s1. The van der Waals surface area contributed by atoms with E-state index < -0.39 is 24.7 Å². The maximum atomic E-state index is 14.1. The van der Waals surface area contributed by atoms with Crippen molar-refractivity contribution in [2.75, 3.05) is 13.7 Å². The van der Waals surface area contributed by atoms with E-state index in [1.807, 2.05) is 30.3 Å². The van der Waals surface area contributed by atoms with Gasteiger partial charge in [0.25, 0.3) is 0 Å². The first kappa shape index (κ1) is 19.8. The SMILES string of the molecule is COc1ccc([C@@H]2NC(=O)OCC2(F)F)cc1OCc1ccccc1.Cl. The smallest absolute Gasteiger partial charge is 0.408 e. The van der Waals surface area contributed by atoms with Crippen molar-refractivity contribution >= 4 is 18.5 Å². The molecule has 8 heteroatoms. The third-order valence-electron chi connectivity index (χ3n) is 3.84. The molecule has 1 fully saturated rings. The minimum atomic E-state index is -3.22. The average Bonchev–Trinajstić information content (AvgIpc) is 2.62. The van der Waals surface area contributed by atoms with E-state index in [0.29, 0.717) is 11.5 Å². The van der Waals surface area contributed by atoms with Gasteiger partial charge in [0, 0.05) is 0 Å². The molecule has 0 spiro atoms. The van der Waals surface area contributed by atoms with Crippen LogP contribution >= 0.6 is 12.4 Å². The number of rotatable bonds is 5. The molecule has 3 rings (SSSR count). The van der Waals surface area contributed by atoms with Gasteiger partial charge in [-0.05, 0) is 23.3 Å². The molecule has 1 atom stereocenters. The van der Waals surface area contributed by atoms with Crippen LogP contribution in [-0.2, 0) is 11.3 Å². The molecule has 1 heterocycles. The van der Waals surface area contributed by atoms with Gasteiger partial charge in [-0.15, -0.1) is 12.4 Å². The lowest BCUT2D eigenvalue weighted by Crippen LogP contribution is -2.49. The van der Waals surface area contributed by atoms with Crippen LogP contribution in [0.15, 0.2) is 48.5 Å². The summed E-state index contributed by atoms with van der Waals surface area (Å²) in [5.74, 6) is -2.49. The highest BCUT2D eigenvalue weighted by atomic mass is 35.5. The van der Waals surface area contributed by atoms with Gasteiger partial charge in [0.2, 0.25) is 0 Å². The molecule has 1 aliphatic heterocycles. The molecule has 1 amide bonds. The Morgan fingerprint density at radius 1 is 1.19 bits per heavy atom. The summed E-state index contributed by atoms with van der Waals surface area (Å²) in [4.78, 5) is 11.3. The summed E-state index contributed by atoms with van der Waals surface area (Å²) in [6.07, 6.45) is -0.876. The van der Waals surface area contributed by atoms with Crippen molar-refractivity contribution in [3.8, 4) is 11.5 Å². The Labute approximate surface area is 155 Å². The fourth-order valence-electron chi connectivity index (χ4n) is 2.56. The molecule has 1 aliphatic rings. The predicted octanol–water partition coefficient (Wildman–Crippen LogP) is 4.11. The van der Waals surface area contributed by atoms with Gasteiger partial charge in [0.1, 0.15) is 12.6 Å². The van der Waals surface area contributed by atoms with Gasteiger partial charge >= 0.3 is 12.0 Å². The second-order valence-electron chi connectivity index (χ2n) is 5.60. The quantitative estimate of drug-likeness (QED) is 0.841. The van der Waals surface area contributed by atoms with E-state index >= 15 is 0 Å². The Kier molecular flexibility index (Phi) is 6.26. The summed E-state index contributed by atoms with van der Waals surface area (Å²) in [6.45, 7) is -0.701. The molecule has 2 aromatic carbocycles. The van der Waals surface area contributed by atoms with E-state index in [2.05, 4.69) is 10.1 Å². The van der Waals surface area contributed by atoms with Crippen LogP contribution in [0, 0.1) is 0 Å². The molecule has 0 aromatic heterocycles. The van der Waals surface area contributed by atoms with Crippen molar-refractivity contribution in [3.63, 3.8) is 0 Å². The van der Waals surface area contributed by atoms with Crippen molar-refractivity contribution in [2.24, 2.45) is 0 Å². The Hall–Kier alpha value is -2.54. The number of ether oxygens (including phenoxy) is 3. The summed E-state index contributed by atoms with van der Waals surface area (Å²) in [5, 5.41) is 2.15. The molecule has 0 saturated carbocycles. The predicted molar refractivity (Wildman–Crippen MR) is 93.2 cm³/mol. The monoisotopic (exact) mass is 385 g/mol. The molecule has 26 heavy (non-hydrogen) atoms. The van der Waals surface area contributed by atoms with E-state index in [1.54, 1.807) is 0 Å². The number of hydrogen-bond acceptors (Lipinski definition) is 4. The largest absolute Gasteiger partial charge is 0.493 e. The maximum Gasteiger partial charge on any atom is 0.408 e. The number of halogens is 3. The molecule has 0 bridgehead atoms. The van der Waals surface area contributed by atoms with Gasteiger partial charge in [-0.2, -0.15) is 0 Å². The Balaban J connectivity index is 0.00000243. The summed E-state index contributed by atoms with van der Waals surface area (Å²) >= 11 is 0. The van der Waals surface area contributed by atoms with Crippen molar-refractivity contribution in [2.45, 2.75) is 18.6 Å². The van der Waals surface area contributed by atoms with Crippen LogP contribution in [0.2, 0.25) is 0 Å². The number of benzene rings is 2. The first-order valence-corrected chi connectivity index (χ1v) is 7.65. The van der Waals surface area contributed by atoms with E-state index in [1.165, 1.54) is 25.3 Å². The summed E-state index contributed by atoms with van der Waals surface area (Å²) in [7, 11) is 1.47. The lowest BCUT2D eigenvalue weighted by Gasteiger charge is -2.32. The van der Waals surface area contributed by atoms with Gasteiger partial charge in [-0.1, -0.05) is 36.4 Å². The molecule has 0 radical (unpaired) electrons. The zero-order valence-corrected chi connectivity index (χ0v) is 14.7. The number of alkyl halides is 2. The molecule has 0 aliphatic carbocycles. The molecule has 0 unspecified atom stereocenters. The van der Waals surface area contributed by atoms with Gasteiger partial charge in [0.05, 0.1) is 7.11 Å². The van der Waals surface area contributed by atoms with Gasteiger partial charge in [0.15, 0.2) is 18.1 Å². The number of hydrogen-bond donors (Lipinski definition) is 1. The van der Waals surface area contributed by atoms with Gasteiger partial charge in [-0.25, -0.2) is 13.6 Å². The van der Waals surface area contributed by atoms with Crippen LogP contribution in [-0.4, -0.2) is 25.7 Å². The zero-order valence-electron chi connectivity index (χ0n) is 13.9. The second kappa shape index (κ2) is 8.23. The maximum absolute atomic E-state index is 14.1. The highest BCUT2D eigenvalue weighted by molar-refractivity contribution is 5.85. The minimum Gasteiger partial charge on any atom is -0.493 e. The molecule has 140 valence electrons. The number of carbonyl (C=O) groups excluding carboxylic acids is 1. The Morgan fingerprint density at radius 3 is 2.62 bits per heavy atom. The number of cyclic esters (lactones) is 1. The Bertz CT molecular complexity index is 758. The lowest BCUT2D eigenvalue weighted by molar-refractivity contribution is -0.104. The number of methoxy groups -OCH3 is 1. The van der Waals surface area contributed by atoms with Gasteiger partial charge < -0.3 is 19.5 Å². The van der Waals surface area contributed by atoms with Crippen molar-refractivity contribution in [1.82, 2.24) is 5.32 Å². The lowest BCUT2D eigenvalue weighted by atomic mass is 9.99. The molecular weight excluding hydrogens is 368 g/mol. The van der Waals surface area contributed by atoms with Crippen molar-refractivity contribution < 1.29 is 27.8 Å². The van der Waals surface area contributed by atoms with Crippen molar-refractivity contribution in [1.29, 1.82) is 0 Å². The first-order valence-electron chi connectivity index (χ1n) is 7.65. The van der Waals surface area contributed by atoms with Gasteiger partial charge in [-0.3, -0.25) is 0 Å². The van der Waals surface area contributed by atoms with Crippen LogP contribution in [0.25, 0.3) is 0 Å². The molecule has 1 saturated heterocycles. The number of alkyl carbamates (subject to hydrolysis) is 1. The van der Waals surface area contributed by atoms with E-state index in [0.717, 1.165) is 5.56 Å². The molecule has 5 nitrogen and oxygen atoms in total. The summed E-state index contributed by atoms with van der Waals surface area (Å²) in [5.41, 5.74) is 1.14. The minimum absolute atomic E-state index is 0. The normalized spacial score (nSPS) is 18.1. The summed E-state index contributed by atoms with van der Waals surface area (Å²) in [6, 6.07) is 12.4. The third kappa shape index (κ3) is 4.35. The average molecular weight is 386 g/mol. The topological polar surface area (TPSA) is 56.8 Å². The van der Waals surface area contributed by atoms with Crippen LogP contribution in [0.5, 0.6) is 11.5 Å². The number of amides is 1. The number of nitrogens with one attached hydrogen (secondary N) is 1. The third-order valence-corrected chi connectivity index (χ3v) is 3.84.